The Morgan fingerprint density at radius 3 is 2.88 bits per heavy atom. The van der Waals surface area contributed by atoms with Gasteiger partial charge in [-0.05, 0) is 41.4 Å². The lowest BCUT2D eigenvalue weighted by Gasteiger charge is -2.04. The molecule has 4 nitrogen and oxygen atoms in total. The molecule has 0 aliphatic rings. The number of fused-ring (bicyclic) bond motifs is 1. The number of halogens is 1. The zero-order chi connectivity index (χ0) is 12.4. The molecule has 1 N–H and O–H groups in total. The molecule has 0 bridgehead atoms. The van der Waals surface area contributed by atoms with Crippen molar-refractivity contribution in [2.45, 2.75) is 20.3 Å². The van der Waals surface area contributed by atoms with Gasteiger partial charge in [-0.15, -0.1) is 0 Å². The van der Waals surface area contributed by atoms with Crippen LogP contribution in [0.25, 0.3) is 5.65 Å². The summed E-state index contributed by atoms with van der Waals surface area (Å²) in [4.78, 5) is 16.5. The minimum Gasteiger partial charge on any atom is -0.351 e. The molecule has 2 heterocycles. The first-order valence-electron chi connectivity index (χ1n) is 5.62. The van der Waals surface area contributed by atoms with Crippen molar-refractivity contribution in [2.75, 3.05) is 6.54 Å². The minimum atomic E-state index is -0.0741. The summed E-state index contributed by atoms with van der Waals surface area (Å²) in [5.41, 5.74) is 2.26. The summed E-state index contributed by atoms with van der Waals surface area (Å²) >= 11 is 3.41. The van der Waals surface area contributed by atoms with Crippen molar-refractivity contribution in [3.05, 3.63) is 34.2 Å². The second-order valence-corrected chi connectivity index (χ2v) is 4.61. The van der Waals surface area contributed by atoms with Crippen LogP contribution in [0.3, 0.4) is 0 Å². The van der Waals surface area contributed by atoms with Gasteiger partial charge in [0.2, 0.25) is 0 Å². The third kappa shape index (κ3) is 2.20. The number of aryl methyl sites for hydroxylation is 1. The number of amides is 1. The van der Waals surface area contributed by atoms with E-state index in [1.54, 1.807) is 0 Å². The zero-order valence-electron chi connectivity index (χ0n) is 9.83. The smallest absolute Gasteiger partial charge is 0.270 e. The van der Waals surface area contributed by atoms with Gasteiger partial charge in [-0.3, -0.25) is 9.20 Å². The molecule has 0 aliphatic carbocycles. The average molecular weight is 296 g/mol. The van der Waals surface area contributed by atoms with E-state index in [-0.39, 0.29) is 5.91 Å². The summed E-state index contributed by atoms with van der Waals surface area (Å²) in [5.74, 6) is -0.0741. The monoisotopic (exact) mass is 295 g/mol. The van der Waals surface area contributed by atoms with Gasteiger partial charge in [-0.25, -0.2) is 4.98 Å². The highest BCUT2D eigenvalue weighted by molar-refractivity contribution is 9.10. The highest BCUT2D eigenvalue weighted by Gasteiger charge is 2.17. The van der Waals surface area contributed by atoms with Gasteiger partial charge in [-0.2, -0.15) is 0 Å². The predicted octanol–water partition coefficient (Wildman–Crippen LogP) is 2.41. The molecule has 0 radical (unpaired) electrons. The molecule has 0 aromatic carbocycles. The highest BCUT2D eigenvalue weighted by Crippen LogP contribution is 2.17. The first-order chi connectivity index (χ1) is 8.17. The standard InChI is InChI=1S/C12H14BrN3O/c1-3-9-11(12(17)14-4-2)16-7-8(13)5-6-10(16)15-9/h5-7H,3-4H2,1-2H3,(H,14,17). The number of nitrogens with one attached hydrogen (secondary N) is 1. The number of carbonyl (C=O) groups is 1. The predicted molar refractivity (Wildman–Crippen MR) is 70.3 cm³/mol. The van der Waals surface area contributed by atoms with Crippen molar-refractivity contribution < 1.29 is 4.79 Å². The summed E-state index contributed by atoms with van der Waals surface area (Å²) in [6, 6.07) is 3.81. The van der Waals surface area contributed by atoms with E-state index >= 15 is 0 Å². The van der Waals surface area contributed by atoms with Crippen molar-refractivity contribution in [1.82, 2.24) is 14.7 Å². The molecule has 2 aromatic rings. The van der Waals surface area contributed by atoms with Crippen molar-refractivity contribution >= 4 is 27.5 Å². The van der Waals surface area contributed by atoms with E-state index in [0.29, 0.717) is 12.2 Å². The van der Waals surface area contributed by atoms with Crippen LogP contribution >= 0.6 is 15.9 Å². The molecule has 5 heteroatoms. The van der Waals surface area contributed by atoms with E-state index in [9.17, 15) is 4.79 Å². The van der Waals surface area contributed by atoms with E-state index in [0.717, 1.165) is 22.2 Å². The molecule has 0 fully saturated rings. The van der Waals surface area contributed by atoms with Crippen LogP contribution in [0.15, 0.2) is 22.8 Å². The van der Waals surface area contributed by atoms with E-state index in [1.165, 1.54) is 0 Å². The summed E-state index contributed by atoms with van der Waals surface area (Å²) in [6.45, 7) is 4.52. The van der Waals surface area contributed by atoms with Crippen molar-refractivity contribution in [3.63, 3.8) is 0 Å². The lowest BCUT2D eigenvalue weighted by atomic mass is 10.2. The van der Waals surface area contributed by atoms with E-state index in [2.05, 4.69) is 26.2 Å². The quantitative estimate of drug-likeness (QED) is 0.945. The Balaban J connectivity index is 2.64. The van der Waals surface area contributed by atoms with Crippen LogP contribution in [0, 0.1) is 0 Å². The molecule has 90 valence electrons. The summed E-state index contributed by atoms with van der Waals surface area (Å²) in [6.07, 6.45) is 2.61. The Morgan fingerprint density at radius 2 is 2.24 bits per heavy atom. The second kappa shape index (κ2) is 4.87. The van der Waals surface area contributed by atoms with Crippen molar-refractivity contribution in [1.29, 1.82) is 0 Å². The van der Waals surface area contributed by atoms with Gasteiger partial charge in [0.1, 0.15) is 11.3 Å². The molecule has 2 rings (SSSR count). The molecule has 0 saturated carbocycles. The van der Waals surface area contributed by atoms with Crippen molar-refractivity contribution in [3.8, 4) is 0 Å². The van der Waals surface area contributed by atoms with Crippen LogP contribution in [0.5, 0.6) is 0 Å². The van der Waals surface area contributed by atoms with Crippen molar-refractivity contribution in [2.24, 2.45) is 0 Å². The van der Waals surface area contributed by atoms with Gasteiger partial charge in [0.15, 0.2) is 0 Å². The number of nitrogens with zero attached hydrogens (tertiary/aromatic N) is 2. The van der Waals surface area contributed by atoms with Gasteiger partial charge in [-0.1, -0.05) is 6.92 Å². The summed E-state index contributed by atoms with van der Waals surface area (Å²) in [7, 11) is 0. The van der Waals surface area contributed by atoms with Crippen LogP contribution in [-0.2, 0) is 6.42 Å². The van der Waals surface area contributed by atoms with Crippen LogP contribution < -0.4 is 5.32 Å². The molecule has 0 atom stereocenters. The maximum atomic E-state index is 12.0. The Hall–Kier alpha value is -1.36. The number of hydrogen-bond donors (Lipinski definition) is 1. The number of rotatable bonds is 3. The summed E-state index contributed by atoms with van der Waals surface area (Å²) < 4.78 is 2.75. The summed E-state index contributed by atoms with van der Waals surface area (Å²) in [5, 5.41) is 2.82. The SMILES string of the molecule is CCNC(=O)c1c(CC)nc2ccc(Br)cn12. The molecule has 0 saturated heterocycles. The lowest BCUT2D eigenvalue weighted by Crippen LogP contribution is -2.25. The molecular weight excluding hydrogens is 282 g/mol. The van der Waals surface area contributed by atoms with Crippen LogP contribution in [0.1, 0.15) is 30.0 Å². The molecule has 0 unspecified atom stereocenters. The maximum Gasteiger partial charge on any atom is 0.270 e. The molecule has 0 aliphatic heterocycles. The van der Waals surface area contributed by atoms with Crippen LogP contribution in [0.2, 0.25) is 0 Å². The molecule has 0 spiro atoms. The Morgan fingerprint density at radius 1 is 1.47 bits per heavy atom. The lowest BCUT2D eigenvalue weighted by molar-refractivity contribution is 0.0949. The van der Waals surface area contributed by atoms with E-state index in [4.69, 9.17) is 0 Å². The fourth-order valence-corrected chi connectivity index (χ4v) is 2.14. The third-order valence-electron chi connectivity index (χ3n) is 2.54. The number of pyridine rings is 1. The van der Waals surface area contributed by atoms with Gasteiger partial charge >= 0.3 is 0 Å². The van der Waals surface area contributed by atoms with E-state index in [1.807, 2.05) is 36.6 Å². The van der Waals surface area contributed by atoms with Gasteiger partial charge in [0.25, 0.3) is 5.91 Å². The first-order valence-corrected chi connectivity index (χ1v) is 6.41. The Labute approximate surface area is 108 Å². The molecular formula is C12H14BrN3O. The maximum absolute atomic E-state index is 12.0. The number of hydrogen-bond acceptors (Lipinski definition) is 2. The molecule has 1 amide bonds. The average Bonchev–Trinajstić information content (AvgIpc) is 2.66. The molecule has 17 heavy (non-hydrogen) atoms. The first kappa shape index (κ1) is 12.1. The minimum absolute atomic E-state index is 0.0741. The Kier molecular flexibility index (Phi) is 3.47. The normalized spacial score (nSPS) is 10.8. The highest BCUT2D eigenvalue weighted by atomic mass is 79.9. The largest absolute Gasteiger partial charge is 0.351 e. The van der Waals surface area contributed by atoms with Crippen LogP contribution in [0.4, 0.5) is 0 Å². The molecule has 2 aromatic heterocycles. The van der Waals surface area contributed by atoms with Gasteiger partial charge in [0, 0.05) is 17.2 Å². The van der Waals surface area contributed by atoms with Gasteiger partial charge in [0.05, 0.1) is 5.69 Å². The number of imidazole rings is 1. The van der Waals surface area contributed by atoms with Gasteiger partial charge < -0.3 is 5.32 Å². The third-order valence-corrected chi connectivity index (χ3v) is 3.01. The fourth-order valence-electron chi connectivity index (χ4n) is 1.80. The topological polar surface area (TPSA) is 46.4 Å². The Bertz CT molecular complexity index is 562. The van der Waals surface area contributed by atoms with Crippen LogP contribution in [-0.4, -0.2) is 21.8 Å². The van der Waals surface area contributed by atoms with E-state index < -0.39 is 0 Å². The number of carbonyl (C=O) groups excluding carboxylic acids is 1. The zero-order valence-corrected chi connectivity index (χ0v) is 11.4. The fraction of sp³-hybridized carbons (Fsp3) is 0.333. The second-order valence-electron chi connectivity index (χ2n) is 3.70. The number of aromatic nitrogens is 2.